The van der Waals surface area contributed by atoms with E-state index in [2.05, 4.69) is 11.1 Å². The lowest BCUT2D eigenvalue weighted by atomic mass is 10.3. The number of carbonyl (C=O) groups is 1. The number of nitrogens with one attached hydrogen (secondary N) is 1. The van der Waals surface area contributed by atoms with Gasteiger partial charge in [0.05, 0.1) is 10.2 Å². The second-order valence-electron chi connectivity index (χ2n) is 4.38. The van der Waals surface area contributed by atoms with E-state index < -0.39 is 0 Å². The summed E-state index contributed by atoms with van der Waals surface area (Å²) in [7, 11) is 0. The lowest BCUT2D eigenvalue weighted by Gasteiger charge is -1.83. The SMILES string of the molecule is CCCC=O.Nc1ccccc1.S=c1[nH]c2ccccc2s1. The number of nitrogens with two attached hydrogens (primary N) is 1. The standard InChI is InChI=1S/C7H5NS2.C6H7N.C4H8O/c9-7-8-5-3-1-2-4-6(5)10-7;7-6-4-2-1-3-5-6;1-2-3-4-5/h1-4H,(H,8,9);1-5H,7H2;4H,2-3H2,1H3. The smallest absolute Gasteiger partial charge is 0.159 e. The molecule has 0 radical (unpaired) electrons. The number of H-pyrrole nitrogens is 1. The van der Waals surface area contributed by atoms with Crippen molar-refractivity contribution in [2.24, 2.45) is 0 Å². The Morgan fingerprint density at radius 3 is 2.23 bits per heavy atom. The van der Waals surface area contributed by atoms with Crippen molar-refractivity contribution in [3.8, 4) is 0 Å². The topological polar surface area (TPSA) is 58.9 Å². The monoisotopic (exact) mass is 332 g/mol. The maximum atomic E-state index is 9.40. The molecule has 0 spiro atoms. The van der Waals surface area contributed by atoms with Crippen molar-refractivity contribution < 1.29 is 4.79 Å². The number of benzene rings is 2. The molecule has 0 fully saturated rings. The molecule has 22 heavy (non-hydrogen) atoms. The molecule has 0 aliphatic heterocycles. The number of carbonyl (C=O) groups excluding carboxylic acids is 1. The van der Waals surface area contributed by atoms with Crippen LogP contribution in [0.5, 0.6) is 0 Å². The van der Waals surface area contributed by atoms with Gasteiger partial charge in [0.1, 0.15) is 6.29 Å². The van der Waals surface area contributed by atoms with Crippen LogP contribution in [0.2, 0.25) is 0 Å². The average molecular weight is 332 g/mol. The van der Waals surface area contributed by atoms with Gasteiger partial charge < -0.3 is 15.5 Å². The number of rotatable bonds is 2. The number of nitrogen functional groups attached to an aromatic ring is 1. The summed E-state index contributed by atoms with van der Waals surface area (Å²) in [5, 5.41) is 0. The maximum absolute atomic E-state index is 9.40. The van der Waals surface area contributed by atoms with Crippen LogP contribution < -0.4 is 5.73 Å². The van der Waals surface area contributed by atoms with E-state index in [1.165, 1.54) is 4.70 Å². The van der Waals surface area contributed by atoms with E-state index in [0.29, 0.717) is 6.42 Å². The zero-order valence-electron chi connectivity index (χ0n) is 12.5. The fourth-order valence-electron chi connectivity index (χ4n) is 1.47. The molecule has 3 rings (SSSR count). The fourth-order valence-corrected chi connectivity index (χ4v) is 2.58. The number of aromatic nitrogens is 1. The van der Waals surface area contributed by atoms with Gasteiger partial charge >= 0.3 is 0 Å². The highest BCUT2D eigenvalue weighted by Crippen LogP contribution is 2.17. The van der Waals surface area contributed by atoms with E-state index >= 15 is 0 Å². The normalized spacial score (nSPS) is 9.14. The van der Waals surface area contributed by atoms with Gasteiger partial charge in [-0.1, -0.05) is 37.3 Å². The van der Waals surface area contributed by atoms with Gasteiger partial charge in [0.2, 0.25) is 0 Å². The number of hydrogen-bond donors (Lipinski definition) is 2. The number of aldehydes is 1. The predicted molar refractivity (Wildman–Crippen MR) is 98.8 cm³/mol. The summed E-state index contributed by atoms with van der Waals surface area (Å²) in [6.07, 6.45) is 2.61. The number of anilines is 1. The van der Waals surface area contributed by atoms with Crippen molar-refractivity contribution in [3.63, 3.8) is 0 Å². The van der Waals surface area contributed by atoms with Gasteiger partial charge in [0.25, 0.3) is 0 Å². The second kappa shape index (κ2) is 10.7. The zero-order valence-corrected chi connectivity index (χ0v) is 14.1. The summed E-state index contributed by atoms with van der Waals surface area (Å²) in [4.78, 5) is 12.5. The van der Waals surface area contributed by atoms with Crippen molar-refractivity contribution in [2.45, 2.75) is 19.8 Å². The van der Waals surface area contributed by atoms with Gasteiger partial charge in [-0.15, -0.1) is 11.3 Å². The Balaban J connectivity index is 0.000000178. The molecule has 0 unspecified atom stereocenters. The summed E-state index contributed by atoms with van der Waals surface area (Å²) in [5.74, 6) is 0. The maximum Gasteiger partial charge on any atom is 0.159 e. The van der Waals surface area contributed by atoms with Gasteiger partial charge in [-0.25, -0.2) is 0 Å². The molecule has 3 nitrogen and oxygen atoms in total. The predicted octanol–water partition coefficient (Wildman–Crippen LogP) is 5.21. The second-order valence-corrected chi connectivity index (χ2v) is 6.10. The minimum Gasteiger partial charge on any atom is -0.399 e. The number of aromatic amines is 1. The lowest BCUT2D eigenvalue weighted by molar-refractivity contribution is -0.107. The molecule has 2 aromatic carbocycles. The van der Waals surface area contributed by atoms with E-state index in [-0.39, 0.29) is 0 Å². The molecule has 0 aliphatic carbocycles. The van der Waals surface area contributed by atoms with Crippen LogP contribution in [-0.2, 0) is 4.79 Å². The summed E-state index contributed by atoms with van der Waals surface area (Å²) in [5.41, 5.74) is 7.32. The summed E-state index contributed by atoms with van der Waals surface area (Å²) < 4.78 is 2.08. The first-order valence-corrected chi connectivity index (χ1v) is 8.21. The Labute approximate surface area is 139 Å². The van der Waals surface area contributed by atoms with Crippen LogP contribution in [0.3, 0.4) is 0 Å². The molecule has 3 N–H and O–H groups in total. The third-order valence-electron chi connectivity index (χ3n) is 2.53. The largest absolute Gasteiger partial charge is 0.399 e. The van der Waals surface area contributed by atoms with Crippen molar-refractivity contribution in [1.29, 1.82) is 0 Å². The van der Waals surface area contributed by atoms with Gasteiger partial charge in [-0.3, -0.25) is 0 Å². The molecular formula is C17H20N2OS2. The van der Waals surface area contributed by atoms with Crippen LogP contribution in [0.15, 0.2) is 54.6 Å². The molecular weight excluding hydrogens is 312 g/mol. The van der Waals surface area contributed by atoms with Gasteiger partial charge in [-0.2, -0.15) is 0 Å². The molecule has 0 bridgehead atoms. The summed E-state index contributed by atoms with van der Waals surface area (Å²) in [6.45, 7) is 1.98. The Hall–Kier alpha value is -1.98. The Morgan fingerprint density at radius 2 is 1.77 bits per heavy atom. The van der Waals surface area contributed by atoms with Crippen LogP contribution in [-0.4, -0.2) is 11.3 Å². The highest BCUT2D eigenvalue weighted by Gasteiger charge is 1.91. The molecule has 0 saturated heterocycles. The van der Waals surface area contributed by atoms with Gasteiger partial charge in [0, 0.05) is 12.1 Å². The van der Waals surface area contributed by atoms with Gasteiger partial charge in [0.15, 0.2) is 3.95 Å². The Morgan fingerprint density at radius 1 is 1.14 bits per heavy atom. The van der Waals surface area contributed by atoms with Crippen LogP contribution in [0.25, 0.3) is 10.2 Å². The average Bonchev–Trinajstić information content (AvgIpc) is 2.90. The highest BCUT2D eigenvalue weighted by molar-refractivity contribution is 7.73. The minimum atomic E-state index is 0.708. The Bertz CT molecular complexity index is 684. The number of hydrogen-bond acceptors (Lipinski definition) is 4. The van der Waals surface area contributed by atoms with E-state index in [4.69, 9.17) is 18.0 Å². The van der Waals surface area contributed by atoms with Gasteiger partial charge in [-0.05, 0) is 42.9 Å². The molecule has 0 saturated carbocycles. The van der Waals surface area contributed by atoms with E-state index in [1.54, 1.807) is 11.3 Å². The van der Waals surface area contributed by atoms with Crippen LogP contribution in [0.4, 0.5) is 5.69 Å². The third kappa shape index (κ3) is 7.15. The first-order chi connectivity index (χ1) is 10.7. The number of thiazole rings is 1. The quantitative estimate of drug-likeness (QED) is 0.384. The molecule has 1 heterocycles. The van der Waals surface area contributed by atoms with E-state index in [1.807, 2.05) is 55.5 Å². The molecule has 5 heteroatoms. The van der Waals surface area contributed by atoms with Crippen LogP contribution in [0.1, 0.15) is 19.8 Å². The molecule has 1 aromatic heterocycles. The van der Waals surface area contributed by atoms with E-state index in [9.17, 15) is 4.79 Å². The third-order valence-corrected chi connectivity index (χ3v) is 3.75. The molecule has 0 amide bonds. The molecule has 0 atom stereocenters. The number of para-hydroxylation sites is 2. The van der Waals surface area contributed by atoms with Crippen molar-refractivity contribution >= 4 is 45.7 Å². The lowest BCUT2D eigenvalue weighted by Crippen LogP contribution is -1.79. The Kier molecular flexibility index (Phi) is 8.79. The molecule has 116 valence electrons. The van der Waals surface area contributed by atoms with Crippen molar-refractivity contribution in [1.82, 2.24) is 4.98 Å². The molecule has 0 aliphatic rings. The first-order valence-electron chi connectivity index (χ1n) is 6.99. The van der Waals surface area contributed by atoms with Crippen LogP contribution in [0, 0.1) is 3.95 Å². The number of fused-ring (bicyclic) bond motifs is 1. The van der Waals surface area contributed by atoms with Crippen molar-refractivity contribution in [2.75, 3.05) is 5.73 Å². The fraction of sp³-hybridized carbons (Fsp3) is 0.176. The zero-order chi connectivity index (χ0) is 16.2. The van der Waals surface area contributed by atoms with E-state index in [0.717, 1.165) is 27.9 Å². The summed E-state index contributed by atoms with van der Waals surface area (Å²) in [6, 6.07) is 17.6. The highest BCUT2D eigenvalue weighted by atomic mass is 32.1. The first kappa shape index (κ1) is 18.1. The van der Waals surface area contributed by atoms with Crippen LogP contribution >= 0.6 is 23.6 Å². The number of unbranched alkanes of at least 4 members (excludes halogenated alkanes) is 1. The summed E-state index contributed by atoms with van der Waals surface area (Å²) >= 11 is 6.59. The minimum absolute atomic E-state index is 0.708. The molecule has 3 aromatic rings. The van der Waals surface area contributed by atoms with Crippen molar-refractivity contribution in [3.05, 3.63) is 58.6 Å².